The van der Waals surface area contributed by atoms with Crippen LogP contribution in [0.2, 0.25) is 0 Å². The zero-order valence-corrected chi connectivity index (χ0v) is 9.17. The van der Waals surface area contributed by atoms with Gasteiger partial charge in [0.1, 0.15) is 0 Å². The van der Waals surface area contributed by atoms with Crippen LogP contribution >= 0.6 is 0 Å². The molecule has 0 rings (SSSR count). The molecule has 0 saturated carbocycles. The minimum atomic E-state index is -0.464. The van der Waals surface area contributed by atoms with Gasteiger partial charge in [0.15, 0.2) is 0 Å². The number of hydrogen-bond acceptors (Lipinski definition) is 2. The number of rotatable bonds is 4. The fourth-order valence-corrected chi connectivity index (χ4v) is 0.539. The highest BCUT2D eigenvalue weighted by Crippen LogP contribution is 2.07. The zero-order chi connectivity index (χ0) is 11.6. The van der Waals surface area contributed by atoms with Gasteiger partial charge in [-0.3, -0.25) is 0 Å². The monoisotopic (exact) mass is 194 g/mol. The second-order valence-electron chi connectivity index (χ2n) is 2.09. The van der Waals surface area contributed by atoms with Gasteiger partial charge in [-0.15, -0.1) is 0 Å². The molecule has 0 bridgehead atoms. The molecule has 2 nitrogen and oxygen atoms in total. The lowest BCUT2D eigenvalue weighted by Gasteiger charge is -2.01. The number of ether oxygens (including phenoxy) is 1. The van der Waals surface area contributed by atoms with E-state index >= 15 is 0 Å². The van der Waals surface area contributed by atoms with Crippen LogP contribution in [-0.4, -0.2) is 13.1 Å². The molecule has 0 atom stereocenters. The standard InChI is InChI=1S/C10H12O2.C2H6/c1-5-6-7-8(2)9(3)10(11)12-4;1-2/h5-7H,1-3H2,4H3;1-2H3/b7-6-;. The highest BCUT2D eigenvalue weighted by atomic mass is 16.5. The number of carbonyl (C=O) groups excluding carboxylic acids is 1. The maximum atomic E-state index is 10.9. The minimum Gasteiger partial charge on any atom is -0.465 e. The Balaban J connectivity index is 0. The number of carbonyl (C=O) groups is 1. The van der Waals surface area contributed by atoms with Gasteiger partial charge < -0.3 is 4.74 Å². The summed E-state index contributed by atoms with van der Waals surface area (Å²) in [6.07, 6.45) is 4.92. The first-order valence-corrected chi connectivity index (χ1v) is 4.39. The van der Waals surface area contributed by atoms with E-state index in [0.717, 1.165) is 0 Å². The third kappa shape index (κ3) is 6.00. The number of methoxy groups -OCH3 is 1. The van der Waals surface area contributed by atoms with Crippen molar-refractivity contribution in [2.45, 2.75) is 13.8 Å². The Labute approximate surface area is 86.3 Å². The van der Waals surface area contributed by atoms with E-state index in [1.165, 1.54) is 7.11 Å². The van der Waals surface area contributed by atoms with Crippen molar-refractivity contribution in [1.82, 2.24) is 0 Å². The van der Waals surface area contributed by atoms with E-state index in [9.17, 15) is 4.79 Å². The summed E-state index contributed by atoms with van der Waals surface area (Å²) in [5.41, 5.74) is 0.789. The van der Waals surface area contributed by atoms with Crippen molar-refractivity contribution in [3.8, 4) is 0 Å². The molecule has 0 aromatic rings. The lowest BCUT2D eigenvalue weighted by atomic mass is 10.1. The van der Waals surface area contributed by atoms with Gasteiger partial charge in [-0.1, -0.05) is 51.8 Å². The first-order valence-electron chi connectivity index (χ1n) is 4.39. The highest BCUT2D eigenvalue weighted by Gasteiger charge is 2.06. The highest BCUT2D eigenvalue weighted by molar-refractivity contribution is 5.93. The van der Waals surface area contributed by atoms with Crippen molar-refractivity contribution < 1.29 is 9.53 Å². The average Bonchev–Trinajstić information content (AvgIpc) is 2.26. The maximum absolute atomic E-state index is 10.9. The molecular weight excluding hydrogens is 176 g/mol. The molecule has 0 amide bonds. The van der Waals surface area contributed by atoms with E-state index in [4.69, 9.17) is 0 Å². The summed E-state index contributed by atoms with van der Waals surface area (Å²) in [5.74, 6) is -0.464. The van der Waals surface area contributed by atoms with Crippen molar-refractivity contribution in [3.05, 3.63) is 49.1 Å². The summed E-state index contributed by atoms with van der Waals surface area (Å²) in [6.45, 7) is 14.6. The molecule has 14 heavy (non-hydrogen) atoms. The second kappa shape index (κ2) is 9.52. The number of hydrogen-bond donors (Lipinski definition) is 0. The van der Waals surface area contributed by atoms with E-state index in [0.29, 0.717) is 5.57 Å². The average molecular weight is 194 g/mol. The fraction of sp³-hybridized carbons (Fsp3) is 0.250. The molecule has 0 aliphatic heterocycles. The SMILES string of the molecule is C=C/C=C\C(=C)C(=C)C(=O)OC.CC. The Morgan fingerprint density at radius 1 is 1.29 bits per heavy atom. The van der Waals surface area contributed by atoms with Crippen LogP contribution in [0, 0.1) is 0 Å². The Kier molecular flexibility index (Phi) is 10.1. The minimum absolute atomic E-state index is 0.260. The van der Waals surface area contributed by atoms with Gasteiger partial charge in [-0.05, 0) is 5.57 Å². The van der Waals surface area contributed by atoms with Gasteiger partial charge in [-0.25, -0.2) is 4.79 Å². The summed E-state index contributed by atoms with van der Waals surface area (Å²) in [4.78, 5) is 10.9. The molecule has 0 aromatic heterocycles. The summed E-state index contributed by atoms with van der Waals surface area (Å²) < 4.78 is 4.45. The molecule has 78 valence electrons. The van der Waals surface area contributed by atoms with Gasteiger partial charge in [-0.2, -0.15) is 0 Å². The summed E-state index contributed by atoms with van der Waals surface area (Å²) in [5, 5.41) is 0. The van der Waals surface area contributed by atoms with Crippen LogP contribution in [0.25, 0.3) is 0 Å². The fourth-order valence-electron chi connectivity index (χ4n) is 0.539. The normalized spacial score (nSPS) is 8.50. The molecule has 0 radical (unpaired) electrons. The van der Waals surface area contributed by atoms with Crippen molar-refractivity contribution in [2.24, 2.45) is 0 Å². The Morgan fingerprint density at radius 2 is 1.79 bits per heavy atom. The van der Waals surface area contributed by atoms with Crippen molar-refractivity contribution >= 4 is 5.97 Å². The van der Waals surface area contributed by atoms with E-state index in [-0.39, 0.29) is 5.57 Å². The van der Waals surface area contributed by atoms with Crippen LogP contribution in [0.3, 0.4) is 0 Å². The topological polar surface area (TPSA) is 26.3 Å². The van der Waals surface area contributed by atoms with Crippen LogP contribution in [0.5, 0.6) is 0 Å². The molecular formula is C12H18O2. The van der Waals surface area contributed by atoms with Crippen molar-refractivity contribution in [1.29, 1.82) is 0 Å². The predicted molar refractivity (Wildman–Crippen MR) is 61.0 cm³/mol. The van der Waals surface area contributed by atoms with Crippen molar-refractivity contribution in [2.75, 3.05) is 7.11 Å². The molecule has 0 unspecified atom stereocenters. The molecule has 0 aliphatic carbocycles. The Bertz CT molecular complexity index is 247. The van der Waals surface area contributed by atoms with E-state index in [1.54, 1.807) is 18.2 Å². The lowest BCUT2D eigenvalue weighted by molar-refractivity contribution is -0.135. The number of allylic oxidation sites excluding steroid dienone is 3. The molecule has 0 fully saturated rings. The van der Waals surface area contributed by atoms with Gasteiger partial charge >= 0.3 is 5.97 Å². The summed E-state index contributed by atoms with van der Waals surface area (Å²) in [6, 6.07) is 0. The molecule has 0 N–H and O–H groups in total. The molecule has 0 spiro atoms. The Hall–Kier alpha value is -1.57. The van der Waals surface area contributed by atoms with Gasteiger partial charge in [0.25, 0.3) is 0 Å². The predicted octanol–water partition coefficient (Wildman–Crippen LogP) is 3.04. The van der Waals surface area contributed by atoms with E-state index < -0.39 is 5.97 Å². The smallest absolute Gasteiger partial charge is 0.337 e. The van der Waals surface area contributed by atoms with Crippen LogP contribution in [0.1, 0.15) is 13.8 Å². The first-order chi connectivity index (χ1) is 6.63. The van der Waals surface area contributed by atoms with Gasteiger partial charge in [0.05, 0.1) is 12.7 Å². The third-order valence-corrected chi connectivity index (χ3v) is 1.25. The van der Waals surface area contributed by atoms with Crippen LogP contribution in [-0.2, 0) is 9.53 Å². The first kappa shape index (κ1) is 14.9. The van der Waals surface area contributed by atoms with E-state index in [2.05, 4.69) is 24.5 Å². The molecule has 0 heterocycles. The quantitative estimate of drug-likeness (QED) is 0.390. The van der Waals surface area contributed by atoms with E-state index in [1.807, 2.05) is 13.8 Å². The van der Waals surface area contributed by atoms with Crippen LogP contribution in [0.15, 0.2) is 49.1 Å². The van der Waals surface area contributed by atoms with Gasteiger partial charge in [0, 0.05) is 0 Å². The lowest BCUT2D eigenvalue weighted by Crippen LogP contribution is -2.04. The van der Waals surface area contributed by atoms with Crippen LogP contribution in [0.4, 0.5) is 0 Å². The van der Waals surface area contributed by atoms with Crippen molar-refractivity contribution in [3.63, 3.8) is 0 Å². The molecule has 2 heteroatoms. The molecule has 0 saturated heterocycles. The number of esters is 1. The Morgan fingerprint density at radius 3 is 2.14 bits per heavy atom. The second-order valence-corrected chi connectivity index (χ2v) is 2.09. The largest absolute Gasteiger partial charge is 0.465 e. The van der Waals surface area contributed by atoms with Crippen LogP contribution < -0.4 is 0 Å². The molecule has 0 aromatic carbocycles. The maximum Gasteiger partial charge on any atom is 0.337 e. The van der Waals surface area contributed by atoms with Gasteiger partial charge in [0.2, 0.25) is 0 Å². The zero-order valence-electron chi connectivity index (χ0n) is 9.17. The summed E-state index contributed by atoms with van der Waals surface area (Å²) in [7, 11) is 1.30. The molecule has 0 aliphatic rings. The third-order valence-electron chi connectivity index (χ3n) is 1.25. The summed E-state index contributed by atoms with van der Waals surface area (Å²) >= 11 is 0.